The second-order valence-electron chi connectivity index (χ2n) is 4.34. The maximum absolute atomic E-state index is 5.87. The second-order valence-corrected chi connectivity index (χ2v) is 4.78. The fourth-order valence-corrected chi connectivity index (χ4v) is 2.09. The van der Waals surface area contributed by atoms with E-state index in [0.29, 0.717) is 17.2 Å². The van der Waals surface area contributed by atoms with Crippen LogP contribution in [0, 0.1) is 0 Å². The average molecular weight is 305 g/mol. The summed E-state index contributed by atoms with van der Waals surface area (Å²) in [5.74, 6) is 1.85. The number of hydrogen-bond acceptors (Lipinski definition) is 3. The van der Waals surface area contributed by atoms with E-state index < -0.39 is 0 Å². The van der Waals surface area contributed by atoms with Crippen LogP contribution < -0.4 is 14.2 Å². The second kappa shape index (κ2) is 7.04. The Morgan fingerprint density at radius 2 is 1.29 bits per heavy atom. The lowest BCUT2D eigenvalue weighted by Crippen LogP contribution is -1.95. The number of halogens is 1. The number of benzene rings is 2. The first-order valence-electron chi connectivity index (χ1n) is 6.41. The van der Waals surface area contributed by atoms with Crippen LogP contribution in [0.1, 0.15) is 11.1 Å². The van der Waals surface area contributed by atoms with Gasteiger partial charge < -0.3 is 14.2 Å². The molecular formula is C17H17ClO3. The topological polar surface area (TPSA) is 27.7 Å². The minimum Gasteiger partial charge on any atom is -0.493 e. The van der Waals surface area contributed by atoms with E-state index >= 15 is 0 Å². The van der Waals surface area contributed by atoms with E-state index in [2.05, 4.69) is 0 Å². The monoisotopic (exact) mass is 304 g/mol. The lowest BCUT2D eigenvalue weighted by molar-refractivity contribution is 0.324. The van der Waals surface area contributed by atoms with Crippen molar-refractivity contribution >= 4 is 23.8 Å². The Bertz CT molecular complexity index is 608. The largest absolute Gasteiger partial charge is 0.493 e. The van der Waals surface area contributed by atoms with E-state index in [1.807, 2.05) is 48.6 Å². The summed E-state index contributed by atoms with van der Waals surface area (Å²) in [6.07, 6.45) is 3.98. The Morgan fingerprint density at radius 3 is 1.76 bits per heavy atom. The van der Waals surface area contributed by atoms with Gasteiger partial charge in [-0.2, -0.15) is 0 Å². The minimum atomic E-state index is 0.587. The predicted octanol–water partition coefficient (Wildman–Crippen LogP) is 4.54. The molecule has 0 aliphatic rings. The molecule has 0 atom stereocenters. The molecule has 0 unspecified atom stereocenters. The molecule has 4 heteroatoms. The Morgan fingerprint density at radius 1 is 0.762 bits per heavy atom. The summed E-state index contributed by atoms with van der Waals surface area (Å²) in [7, 11) is 4.79. The van der Waals surface area contributed by atoms with Crippen LogP contribution in [-0.4, -0.2) is 21.3 Å². The van der Waals surface area contributed by atoms with E-state index in [4.69, 9.17) is 25.8 Å². The van der Waals surface area contributed by atoms with E-state index in [0.717, 1.165) is 16.1 Å². The van der Waals surface area contributed by atoms with Crippen molar-refractivity contribution in [2.24, 2.45) is 0 Å². The highest BCUT2D eigenvalue weighted by atomic mass is 35.5. The van der Waals surface area contributed by atoms with E-state index in [9.17, 15) is 0 Å². The molecule has 21 heavy (non-hydrogen) atoms. The van der Waals surface area contributed by atoms with Gasteiger partial charge in [0.25, 0.3) is 0 Å². The highest BCUT2D eigenvalue weighted by Gasteiger charge is 2.11. The van der Waals surface area contributed by atoms with Crippen molar-refractivity contribution in [2.75, 3.05) is 21.3 Å². The zero-order valence-corrected chi connectivity index (χ0v) is 13.0. The van der Waals surface area contributed by atoms with Gasteiger partial charge in [0.05, 0.1) is 21.3 Å². The Kier molecular flexibility index (Phi) is 5.12. The van der Waals surface area contributed by atoms with Crippen LogP contribution in [0.4, 0.5) is 0 Å². The molecule has 110 valence electrons. The van der Waals surface area contributed by atoms with E-state index in [1.165, 1.54) is 0 Å². The van der Waals surface area contributed by atoms with Crippen molar-refractivity contribution < 1.29 is 14.2 Å². The molecule has 0 N–H and O–H groups in total. The number of ether oxygens (including phenoxy) is 3. The Balaban J connectivity index is 2.33. The molecule has 0 aromatic heterocycles. The Labute approximate surface area is 129 Å². The molecule has 0 spiro atoms. The lowest BCUT2D eigenvalue weighted by atomic mass is 10.1. The molecule has 0 aliphatic carbocycles. The first kappa shape index (κ1) is 15.3. The van der Waals surface area contributed by atoms with Gasteiger partial charge in [0.2, 0.25) is 5.75 Å². The van der Waals surface area contributed by atoms with Crippen LogP contribution >= 0.6 is 11.6 Å². The SMILES string of the molecule is COc1cc(/C=C\c2ccc(Cl)cc2)cc(OC)c1OC. The molecule has 0 aliphatic heterocycles. The fourth-order valence-electron chi connectivity index (χ4n) is 1.96. The van der Waals surface area contributed by atoms with Crippen molar-refractivity contribution in [1.29, 1.82) is 0 Å². The van der Waals surface area contributed by atoms with Crippen LogP contribution in [-0.2, 0) is 0 Å². The van der Waals surface area contributed by atoms with Gasteiger partial charge in [-0.3, -0.25) is 0 Å². The molecule has 2 rings (SSSR count). The third-order valence-electron chi connectivity index (χ3n) is 3.03. The molecule has 0 fully saturated rings. The zero-order chi connectivity index (χ0) is 15.2. The van der Waals surface area contributed by atoms with Crippen LogP contribution in [0.25, 0.3) is 12.2 Å². The van der Waals surface area contributed by atoms with Crippen LogP contribution in [0.3, 0.4) is 0 Å². The molecule has 2 aromatic carbocycles. The van der Waals surface area contributed by atoms with E-state index in [-0.39, 0.29) is 0 Å². The summed E-state index contributed by atoms with van der Waals surface area (Å²) >= 11 is 5.87. The highest BCUT2D eigenvalue weighted by Crippen LogP contribution is 2.38. The number of rotatable bonds is 5. The molecule has 0 saturated heterocycles. The highest BCUT2D eigenvalue weighted by molar-refractivity contribution is 6.30. The number of hydrogen-bond donors (Lipinski definition) is 0. The van der Waals surface area contributed by atoms with Crippen molar-refractivity contribution in [3.63, 3.8) is 0 Å². The lowest BCUT2D eigenvalue weighted by Gasteiger charge is -2.12. The summed E-state index contributed by atoms with van der Waals surface area (Å²) in [5, 5.41) is 0.722. The Hall–Kier alpha value is -2.13. The normalized spacial score (nSPS) is 10.7. The van der Waals surface area contributed by atoms with Gasteiger partial charge in [0.15, 0.2) is 11.5 Å². The molecule has 0 bridgehead atoms. The summed E-state index contributed by atoms with van der Waals surface area (Å²) in [6, 6.07) is 11.4. The van der Waals surface area contributed by atoms with Gasteiger partial charge in [-0.1, -0.05) is 35.9 Å². The summed E-state index contributed by atoms with van der Waals surface area (Å²) in [6.45, 7) is 0. The minimum absolute atomic E-state index is 0.587. The third kappa shape index (κ3) is 3.70. The van der Waals surface area contributed by atoms with Crippen molar-refractivity contribution in [3.05, 3.63) is 52.5 Å². The summed E-state index contributed by atoms with van der Waals surface area (Å²) in [5.41, 5.74) is 2.02. The smallest absolute Gasteiger partial charge is 0.203 e. The first-order chi connectivity index (χ1) is 10.2. The molecule has 3 nitrogen and oxygen atoms in total. The van der Waals surface area contributed by atoms with Gasteiger partial charge in [-0.25, -0.2) is 0 Å². The van der Waals surface area contributed by atoms with Gasteiger partial charge >= 0.3 is 0 Å². The van der Waals surface area contributed by atoms with Gasteiger partial charge in [-0.15, -0.1) is 0 Å². The molecule has 0 radical (unpaired) electrons. The van der Waals surface area contributed by atoms with Crippen molar-refractivity contribution in [3.8, 4) is 17.2 Å². The molecule has 0 saturated carbocycles. The molecule has 0 heterocycles. The first-order valence-corrected chi connectivity index (χ1v) is 6.79. The average Bonchev–Trinajstić information content (AvgIpc) is 2.53. The maximum Gasteiger partial charge on any atom is 0.203 e. The van der Waals surface area contributed by atoms with Crippen LogP contribution in [0.5, 0.6) is 17.2 Å². The van der Waals surface area contributed by atoms with Gasteiger partial charge in [0, 0.05) is 5.02 Å². The van der Waals surface area contributed by atoms with E-state index in [1.54, 1.807) is 21.3 Å². The zero-order valence-electron chi connectivity index (χ0n) is 12.2. The fraction of sp³-hybridized carbons (Fsp3) is 0.176. The molecule has 0 amide bonds. The molecular weight excluding hydrogens is 288 g/mol. The van der Waals surface area contributed by atoms with Crippen LogP contribution in [0.15, 0.2) is 36.4 Å². The van der Waals surface area contributed by atoms with Gasteiger partial charge in [0.1, 0.15) is 0 Å². The summed E-state index contributed by atoms with van der Waals surface area (Å²) < 4.78 is 16.0. The van der Waals surface area contributed by atoms with Gasteiger partial charge in [-0.05, 0) is 35.4 Å². The maximum atomic E-state index is 5.87. The third-order valence-corrected chi connectivity index (χ3v) is 3.28. The molecule has 2 aromatic rings. The summed E-state index contributed by atoms with van der Waals surface area (Å²) in [4.78, 5) is 0. The quantitative estimate of drug-likeness (QED) is 0.759. The standard InChI is InChI=1S/C17H17ClO3/c1-19-15-10-13(11-16(20-2)17(15)21-3)5-4-12-6-8-14(18)9-7-12/h4-11H,1-3H3/b5-4-. The van der Waals surface area contributed by atoms with Crippen LogP contribution in [0.2, 0.25) is 5.02 Å². The van der Waals surface area contributed by atoms with Crippen molar-refractivity contribution in [2.45, 2.75) is 0 Å². The predicted molar refractivity (Wildman–Crippen MR) is 86.5 cm³/mol. The number of methoxy groups -OCH3 is 3. The van der Waals surface area contributed by atoms with Crippen molar-refractivity contribution in [1.82, 2.24) is 0 Å².